The van der Waals surface area contributed by atoms with Crippen molar-refractivity contribution in [3.63, 3.8) is 0 Å². The summed E-state index contributed by atoms with van der Waals surface area (Å²) < 4.78 is 18.1. The van der Waals surface area contributed by atoms with Crippen LogP contribution in [0, 0.1) is 5.82 Å². The van der Waals surface area contributed by atoms with Crippen LogP contribution in [0.2, 0.25) is 0 Å². The lowest BCUT2D eigenvalue weighted by Crippen LogP contribution is -2.14. The van der Waals surface area contributed by atoms with Crippen molar-refractivity contribution in [1.29, 1.82) is 0 Å². The van der Waals surface area contributed by atoms with Crippen LogP contribution in [0.15, 0.2) is 36.7 Å². The quantitative estimate of drug-likeness (QED) is 0.886. The summed E-state index contributed by atoms with van der Waals surface area (Å²) in [5.41, 5.74) is 6.65. The minimum absolute atomic E-state index is 0.0527. The molecule has 0 atom stereocenters. The number of aromatic nitrogens is 1. The molecule has 6 heteroatoms. The maximum Gasteiger partial charge on any atom is 0.259 e. The number of hydrogen-bond acceptors (Lipinski definition) is 4. The third kappa shape index (κ3) is 2.79. The Labute approximate surface area is 109 Å². The van der Waals surface area contributed by atoms with Gasteiger partial charge < -0.3 is 15.8 Å². The average molecular weight is 261 g/mol. The number of carbonyl (C=O) groups excluding carboxylic acids is 1. The van der Waals surface area contributed by atoms with E-state index < -0.39 is 11.7 Å². The molecule has 19 heavy (non-hydrogen) atoms. The van der Waals surface area contributed by atoms with Crippen LogP contribution in [0.5, 0.6) is 5.75 Å². The second kappa shape index (κ2) is 5.34. The summed E-state index contributed by atoms with van der Waals surface area (Å²) >= 11 is 0. The van der Waals surface area contributed by atoms with Crippen LogP contribution >= 0.6 is 0 Å². The largest absolute Gasteiger partial charge is 0.494 e. The number of nitrogens with two attached hydrogens (primary N) is 1. The third-order valence-corrected chi connectivity index (χ3v) is 2.51. The van der Waals surface area contributed by atoms with E-state index in [-0.39, 0.29) is 11.3 Å². The highest BCUT2D eigenvalue weighted by Gasteiger charge is 2.11. The van der Waals surface area contributed by atoms with Crippen molar-refractivity contribution < 1.29 is 13.9 Å². The number of nitrogens with zero attached hydrogens (tertiary/aromatic N) is 1. The lowest BCUT2D eigenvalue weighted by molar-refractivity contribution is 0.102. The number of anilines is 2. The molecular formula is C13H12FN3O2. The SMILES string of the molecule is COc1cc(NC(=O)c2cnccc2N)ccc1F. The Morgan fingerprint density at radius 1 is 1.42 bits per heavy atom. The molecule has 0 saturated carbocycles. The van der Waals surface area contributed by atoms with E-state index in [1.165, 1.54) is 43.8 Å². The number of rotatable bonds is 3. The Balaban J connectivity index is 2.22. The van der Waals surface area contributed by atoms with Gasteiger partial charge in [0.25, 0.3) is 5.91 Å². The summed E-state index contributed by atoms with van der Waals surface area (Å²) in [5, 5.41) is 2.60. The standard InChI is InChI=1S/C13H12FN3O2/c1-19-12-6-8(2-3-10(12)14)17-13(18)9-7-16-5-4-11(9)15/h2-7H,1H3,(H2,15,16)(H,17,18). The van der Waals surface area contributed by atoms with Gasteiger partial charge in [-0.2, -0.15) is 0 Å². The Morgan fingerprint density at radius 3 is 2.89 bits per heavy atom. The molecule has 1 aromatic heterocycles. The maximum absolute atomic E-state index is 13.2. The lowest BCUT2D eigenvalue weighted by Gasteiger charge is -2.08. The molecule has 2 aromatic rings. The number of methoxy groups -OCH3 is 1. The van der Waals surface area contributed by atoms with E-state index in [2.05, 4.69) is 10.3 Å². The normalized spacial score (nSPS) is 10.0. The Hall–Kier alpha value is -2.63. The number of ether oxygens (including phenoxy) is 1. The lowest BCUT2D eigenvalue weighted by atomic mass is 10.2. The van der Waals surface area contributed by atoms with E-state index in [1.54, 1.807) is 0 Å². The van der Waals surface area contributed by atoms with Crippen molar-refractivity contribution in [2.24, 2.45) is 0 Å². The highest BCUT2D eigenvalue weighted by atomic mass is 19.1. The number of halogens is 1. The number of carbonyl (C=O) groups is 1. The van der Waals surface area contributed by atoms with Crippen LogP contribution in [-0.2, 0) is 0 Å². The van der Waals surface area contributed by atoms with Gasteiger partial charge in [0, 0.05) is 29.8 Å². The maximum atomic E-state index is 13.2. The summed E-state index contributed by atoms with van der Waals surface area (Å²) in [6.07, 6.45) is 2.86. The van der Waals surface area contributed by atoms with Crippen molar-refractivity contribution in [3.8, 4) is 5.75 Å². The van der Waals surface area contributed by atoms with Gasteiger partial charge in [-0.3, -0.25) is 9.78 Å². The Bertz CT molecular complexity index is 617. The molecule has 5 nitrogen and oxygen atoms in total. The molecule has 0 fully saturated rings. The molecule has 0 radical (unpaired) electrons. The van der Waals surface area contributed by atoms with Gasteiger partial charge in [0.1, 0.15) is 0 Å². The number of nitrogen functional groups attached to an aromatic ring is 1. The van der Waals surface area contributed by atoms with E-state index >= 15 is 0 Å². The second-order valence-electron chi connectivity index (χ2n) is 3.77. The van der Waals surface area contributed by atoms with Crippen molar-refractivity contribution >= 4 is 17.3 Å². The van der Waals surface area contributed by atoms with Crippen LogP contribution in [0.4, 0.5) is 15.8 Å². The Kier molecular flexibility index (Phi) is 3.61. The molecular weight excluding hydrogens is 249 g/mol. The van der Waals surface area contributed by atoms with E-state index in [1.807, 2.05) is 0 Å². The Morgan fingerprint density at radius 2 is 2.21 bits per heavy atom. The van der Waals surface area contributed by atoms with Gasteiger partial charge in [-0.15, -0.1) is 0 Å². The highest BCUT2D eigenvalue weighted by Crippen LogP contribution is 2.22. The first kappa shape index (κ1) is 12.8. The zero-order chi connectivity index (χ0) is 13.8. The van der Waals surface area contributed by atoms with E-state index in [4.69, 9.17) is 10.5 Å². The van der Waals surface area contributed by atoms with Gasteiger partial charge in [0.15, 0.2) is 11.6 Å². The minimum Gasteiger partial charge on any atom is -0.494 e. The van der Waals surface area contributed by atoms with E-state index in [9.17, 15) is 9.18 Å². The summed E-state index contributed by atoms with van der Waals surface area (Å²) in [7, 11) is 1.35. The molecule has 0 saturated heterocycles. The molecule has 2 rings (SSSR count). The minimum atomic E-state index is -0.499. The van der Waals surface area contributed by atoms with E-state index in [0.717, 1.165) is 0 Å². The fraction of sp³-hybridized carbons (Fsp3) is 0.0769. The predicted molar refractivity (Wildman–Crippen MR) is 69.6 cm³/mol. The first-order valence-corrected chi connectivity index (χ1v) is 5.46. The van der Waals surface area contributed by atoms with Crippen molar-refractivity contribution in [2.45, 2.75) is 0 Å². The molecule has 1 aromatic carbocycles. The summed E-state index contributed by atoms with van der Waals surface area (Å²) in [6.45, 7) is 0. The molecule has 1 amide bonds. The monoisotopic (exact) mass is 261 g/mol. The first-order valence-electron chi connectivity index (χ1n) is 5.46. The smallest absolute Gasteiger partial charge is 0.259 e. The molecule has 3 N–H and O–H groups in total. The van der Waals surface area contributed by atoms with Gasteiger partial charge in [-0.1, -0.05) is 0 Å². The molecule has 0 unspecified atom stereocenters. The predicted octanol–water partition coefficient (Wildman–Crippen LogP) is 2.06. The molecule has 98 valence electrons. The van der Waals surface area contributed by atoms with Gasteiger partial charge >= 0.3 is 0 Å². The molecule has 0 bridgehead atoms. The third-order valence-electron chi connectivity index (χ3n) is 2.51. The number of benzene rings is 1. The summed E-state index contributed by atoms with van der Waals surface area (Å²) in [5.74, 6) is -0.863. The summed E-state index contributed by atoms with van der Waals surface area (Å²) in [4.78, 5) is 15.8. The van der Waals surface area contributed by atoms with Crippen molar-refractivity contribution in [2.75, 3.05) is 18.2 Å². The molecule has 0 spiro atoms. The van der Waals surface area contributed by atoms with Crippen molar-refractivity contribution in [3.05, 3.63) is 48.0 Å². The molecule has 0 aliphatic heterocycles. The van der Waals surface area contributed by atoms with Gasteiger partial charge in [0.05, 0.1) is 12.7 Å². The topological polar surface area (TPSA) is 77.2 Å². The van der Waals surface area contributed by atoms with Gasteiger partial charge in [0.2, 0.25) is 0 Å². The van der Waals surface area contributed by atoms with Gasteiger partial charge in [-0.25, -0.2) is 4.39 Å². The molecule has 1 heterocycles. The number of pyridine rings is 1. The summed E-state index contributed by atoms with van der Waals surface area (Å²) in [6, 6.07) is 5.56. The zero-order valence-electron chi connectivity index (χ0n) is 10.2. The number of nitrogens with one attached hydrogen (secondary N) is 1. The molecule has 0 aliphatic rings. The van der Waals surface area contributed by atoms with Crippen molar-refractivity contribution in [1.82, 2.24) is 4.98 Å². The van der Waals surface area contributed by atoms with Crippen LogP contribution in [0.25, 0.3) is 0 Å². The van der Waals surface area contributed by atoms with Gasteiger partial charge in [-0.05, 0) is 18.2 Å². The number of amides is 1. The fourth-order valence-electron chi connectivity index (χ4n) is 1.53. The van der Waals surface area contributed by atoms with Crippen LogP contribution in [-0.4, -0.2) is 18.0 Å². The second-order valence-corrected chi connectivity index (χ2v) is 3.77. The molecule has 0 aliphatic carbocycles. The fourth-order valence-corrected chi connectivity index (χ4v) is 1.53. The van der Waals surface area contributed by atoms with Crippen LogP contribution in [0.3, 0.4) is 0 Å². The van der Waals surface area contributed by atoms with Crippen LogP contribution in [0.1, 0.15) is 10.4 Å². The zero-order valence-corrected chi connectivity index (χ0v) is 10.2. The van der Waals surface area contributed by atoms with Crippen LogP contribution < -0.4 is 15.8 Å². The number of hydrogen-bond donors (Lipinski definition) is 2. The highest BCUT2D eigenvalue weighted by molar-refractivity contribution is 6.07. The van der Waals surface area contributed by atoms with E-state index in [0.29, 0.717) is 11.4 Å². The first-order chi connectivity index (χ1) is 9.11. The average Bonchev–Trinajstić information content (AvgIpc) is 2.41.